The lowest BCUT2D eigenvalue weighted by atomic mass is 9.65. The number of hydrogen-bond donors (Lipinski definition) is 2. The molecule has 2 aliphatic rings. The van der Waals surface area contributed by atoms with Crippen molar-refractivity contribution in [3.05, 3.63) is 0 Å². The number of nitrogens with two attached hydrogens (primary N) is 1. The molecule has 4 atom stereocenters. The topological polar surface area (TPSA) is 46.2 Å². The molecule has 0 aromatic heterocycles. The van der Waals surface area contributed by atoms with Crippen LogP contribution < -0.4 is 5.73 Å². The quantitative estimate of drug-likeness (QED) is 0.647. The minimum atomic E-state index is -0.478. The van der Waals surface area contributed by atoms with Crippen LogP contribution in [0.5, 0.6) is 0 Å². The van der Waals surface area contributed by atoms with Gasteiger partial charge in [0.1, 0.15) is 0 Å². The average molecular weight is 183 g/mol. The molecule has 2 heteroatoms. The lowest BCUT2D eigenvalue weighted by molar-refractivity contribution is -0.0909. The van der Waals surface area contributed by atoms with Crippen LogP contribution in [0.25, 0.3) is 0 Å². The summed E-state index contributed by atoms with van der Waals surface area (Å²) in [6, 6.07) is 0. The van der Waals surface area contributed by atoms with Crippen molar-refractivity contribution in [2.24, 2.45) is 23.5 Å². The van der Waals surface area contributed by atoms with Gasteiger partial charge in [0.2, 0.25) is 0 Å². The van der Waals surface area contributed by atoms with Gasteiger partial charge in [-0.15, -0.1) is 0 Å². The van der Waals surface area contributed by atoms with Crippen molar-refractivity contribution >= 4 is 0 Å². The molecule has 0 bridgehead atoms. The van der Waals surface area contributed by atoms with Crippen molar-refractivity contribution in [1.82, 2.24) is 0 Å². The second kappa shape index (κ2) is 3.25. The van der Waals surface area contributed by atoms with Crippen molar-refractivity contribution in [2.45, 2.75) is 44.6 Å². The summed E-state index contributed by atoms with van der Waals surface area (Å²) in [6.07, 6.45) is 6.28. The lowest BCUT2D eigenvalue weighted by Crippen LogP contribution is -2.50. The minimum absolute atomic E-state index is 0.340. The number of fused-ring (bicyclic) bond motifs is 1. The van der Waals surface area contributed by atoms with Gasteiger partial charge in [0.15, 0.2) is 0 Å². The molecule has 2 fully saturated rings. The van der Waals surface area contributed by atoms with Gasteiger partial charge in [-0.1, -0.05) is 12.8 Å². The molecule has 13 heavy (non-hydrogen) atoms. The Morgan fingerprint density at radius 1 is 1.31 bits per heavy atom. The molecule has 4 unspecified atom stereocenters. The number of aliphatic hydroxyl groups is 1. The Balaban J connectivity index is 2.15. The second-order valence-electron chi connectivity index (χ2n) is 5.03. The second-order valence-corrected chi connectivity index (χ2v) is 5.03. The summed E-state index contributed by atoms with van der Waals surface area (Å²) in [4.78, 5) is 0. The van der Waals surface area contributed by atoms with Crippen LogP contribution in [-0.4, -0.2) is 17.3 Å². The van der Waals surface area contributed by atoms with E-state index in [4.69, 9.17) is 5.73 Å². The van der Waals surface area contributed by atoms with E-state index in [9.17, 15) is 5.11 Å². The largest absolute Gasteiger partial charge is 0.390 e. The Morgan fingerprint density at radius 2 is 2.08 bits per heavy atom. The maximum Gasteiger partial charge on any atom is 0.0690 e. The molecule has 0 saturated heterocycles. The Morgan fingerprint density at radius 3 is 2.77 bits per heavy atom. The Labute approximate surface area is 80.5 Å². The van der Waals surface area contributed by atoms with Gasteiger partial charge in [-0.05, 0) is 50.5 Å². The molecule has 2 nitrogen and oxygen atoms in total. The summed E-state index contributed by atoms with van der Waals surface area (Å²) >= 11 is 0. The third-order valence-corrected chi connectivity index (χ3v) is 4.41. The van der Waals surface area contributed by atoms with Gasteiger partial charge < -0.3 is 10.8 Å². The molecule has 0 aromatic rings. The van der Waals surface area contributed by atoms with Crippen molar-refractivity contribution in [3.8, 4) is 0 Å². The van der Waals surface area contributed by atoms with E-state index in [1.54, 1.807) is 0 Å². The molecule has 0 spiro atoms. The van der Waals surface area contributed by atoms with Gasteiger partial charge >= 0.3 is 0 Å². The third-order valence-electron chi connectivity index (χ3n) is 4.41. The van der Waals surface area contributed by atoms with Gasteiger partial charge in [-0.3, -0.25) is 0 Å². The van der Waals surface area contributed by atoms with Crippen LogP contribution in [-0.2, 0) is 0 Å². The molecule has 0 aromatic carbocycles. The van der Waals surface area contributed by atoms with E-state index in [1.807, 2.05) is 6.92 Å². The van der Waals surface area contributed by atoms with Crippen LogP contribution in [0, 0.1) is 17.8 Å². The van der Waals surface area contributed by atoms with Crippen LogP contribution in [0.15, 0.2) is 0 Å². The Bertz CT molecular complexity index is 191. The molecule has 0 heterocycles. The van der Waals surface area contributed by atoms with Gasteiger partial charge in [-0.25, -0.2) is 0 Å². The van der Waals surface area contributed by atoms with Gasteiger partial charge in [0, 0.05) is 0 Å². The van der Waals surface area contributed by atoms with Crippen LogP contribution >= 0.6 is 0 Å². The van der Waals surface area contributed by atoms with Crippen molar-refractivity contribution in [3.63, 3.8) is 0 Å². The first kappa shape index (κ1) is 9.47. The predicted octanol–water partition coefficient (Wildman–Crippen LogP) is 1.52. The Kier molecular flexibility index (Phi) is 2.37. The zero-order chi connectivity index (χ0) is 9.47. The first-order chi connectivity index (χ1) is 6.16. The van der Waals surface area contributed by atoms with E-state index < -0.39 is 5.60 Å². The van der Waals surface area contributed by atoms with Crippen molar-refractivity contribution < 1.29 is 5.11 Å². The van der Waals surface area contributed by atoms with E-state index in [2.05, 4.69) is 0 Å². The summed E-state index contributed by atoms with van der Waals surface area (Å²) < 4.78 is 0. The number of rotatable bonds is 1. The van der Waals surface area contributed by atoms with Gasteiger partial charge in [0.05, 0.1) is 5.60 Å². The molecule has 0 radical (unpaired) electrons. The SMILES string of the molecule is CC1(O)C(CN)CCC2CCCC21. The molecular formula is C11H21NO. The zero-order valence-corrected chi connectivity index (χ0v) is 8.50. The van der Waals surface area contributed by atoms with Crippen molar-refractivity contribution in [2.75, 3.05) is 6.54 Å². The highest BCUT2D eigenvalue weighted by Gasteiger charge is 2.48. The Hall–Kier alpha value is -0.0800. The summed E-state index contributed by atoms with van der Waals surface area (Å²) in [5.41, 5.74) is 5.22. The third kappa shape index (κ3) is 1.40. The highest BCUT2D eigenvalue weighted by Crippen LogP contribution is 2.49. The monoisotopic (exact) mass is 183 g/mol. The van der Waals surface area contributed by atoms with E-state index in [1.165, 1.54) is 25.7 Å². The molecule has 2 aliphatic carbocycles. The smallest absolute Gasteiger partial charge is 0.0690 e. The maximum atomic E-state index is 10.4. The minimum Gasteiger partial charge on any atom is -0.390 e. The summed E-state index contributed by atoms with van der Waals surface area (Å²) in [7, 11) is 0. The average Bonchev–Trinajstić information content (AvgIpc) is 2.53. The van der Waals surface area contributed by atoms with E-state index in [-0.39, 0.29) is 0 Å². The van der Waals surface area contributed by atoms with Gasteiger partial charge in [0.25, 0.3) is 0 Å². The van der Waals surface area contributed by atoms with Crippen LogP contribution in [0.4, 0.5) is 0 Å². The maximum absolute atomic E-state index is 10.4. The normalized spacial score (nSPS) is 50.5. The fraction of sp³-hybridized carbons (Fsp3) is 1.00. The summed E-state index contributed by atoms with van der Waals surface area (Å²) in [5.74, 6) is 1.67. The van der Waals surface area contributed by atoms with E-state index in [0.717, 1.165) is 12.3 Å². The summed E-state index contributed by atoms with van der Waals surface area (Å²) in [6.45, 7) is 2.66. The summed E-state index contributed by atoms with van der Waals surface area (Å²) in [5, 5.41) is 10.4. The fourth-order valence-corrected chi connectivity index (χ4v) is 3.52. The standard InChI is InChI=1S/C11H21NO/c1-11(13)9(7-12)6-5-8-3-2-4-10(8)11/h8-10,13H,2-7,12H2,1H3. The molecule has 3 N–H and O–H groups in total. The predicted molar refractivity (Wildman–Crippen MR) is 53.2 cm³/mol. The first-order valence-corrected chi connectivity index (χ1v) is 5.58. The van der Waals surface area contributed by atoms with Gasteiger partial charge in [-0.2, -0.15) is 0 Å². The highest BCUT2D eigenvalue weighted by atomic mass is 16.3. The van der Waals surface area contributed by atoms with Crippen molar-refractivity contribution in [1.29, 1.82) is 0 Å². The van der Waals surface area contributed by atoms with Crippen LogP contribution in [0.1, 0.15) is 39.0 Å². The molecule has 2 rings (SSSR count). The van der Waals surface area contributed by atoms with Crippen LogP contribution in [0.3, 0.4) is 0 Å². The lowest BCUT2D eigenvalue weighted by Gasteiger charge is -2.45. The molecule has 0 aliphatic heterocycles. The fourth-order valence-electron chi connectivity index (χ4n) is 3.52. The molecule has 0 amide bonds. The number of hydrogen-bond acceptors (Lipinski definition) is 2. The van der Waals surface area contributed by atoms with Crippen LogP contribution in [0.2, 0.25) is 0 Å². The molecule has 2 saturated carbocycles. The zero-order valence-electron chi connectivity index (χ0n) is 8.50. The first-order valence-electron chi connectivity index (χ1n) is 5.58. The van der Waals surface area contributed by atoms with E-state index in [0.29, 0.717) is 18.4 Å². The highest BCUT2D eigenvalue weighted by molar-refractivity contribution is 4.99. The molecular weight excluding hydrogens is 162 g/mol. The van der Waals surface area contributed by atoms with E-state index >= 15 is 0 Å². The molecule has 76 valence electrons.